The van der Waals surface area contributed by atoms with E-state index in [1.165, 1.54) is 7.11 Å². The molecule has 18 heavy (non-hydrogen) atoms. The predicted molar refractivity (Wildman–Crippen MR) is 66.7 cm³/mol. The number of esters is 1. The number of ether oxygens (including phenoxy) is 3. The SMILES string of the molecule is COC(=O)[C@@H](c1ccc(OC)cc1)[C@@H]1CCCO1. The zero-order chi connectivity index (χ0) is 13.0. The number of hydrogen-bond donors (Lipinski definition) is 0. The second-order valence-electron chi connectivity index (χ2n) is 4.33. The molecule has 1 aromatic rings. The molecular weight excluding hydrogens is 232 g/mol. The van der Waals surface area contributed by atoms with E-state index in [1.54, 1.807) is 7.11 Å². The topological polar surface area (TPSA) is 44.8 Å². The van der Waals surface area contributed by atoms with E-state index < -0.39 is 0 Å². The third-order valence-electron chi connectivity index (χ3n) is 3.27. The summed E-state index contributed by atoms with van der Waals surface area (Å²) in [7, 11) is 3.03. The first-order chi connectivity index (χ1) is 8.76. The summed E-state index contributed by atoms with van der Waals surface area (Å²) in [4.78, 5) is 11.9. The van der Waals surface area contributed by atoms with Crippen LogP contribution in [0.15, 0.2) is 24.3 Å². The van der Waals surface area contributed by atoms with Crippen molar-refractivity contribution >= 4 is 5.97 Å². The zero-order valence-electron chi connectivity index (χ0n) is 10.7. The molecule has 1 aromatic carbocycles. The summed E-state index contributed by atoms with van der Waals surface area (Å²) in [5.74, 6) is 0.185. The molecular formula is C14H18O4. The van der Waals surface area contributed by atoms with Crippen molar-refractivity contribution < 1.29 is 19.0 Å². The van der Waals surface area contributed by atoms with Gasteiger partial charge < -0.3 is 14.2 Å². The smallest absolute Gasteiger partial charge is 0.315 e. The molecule has 1 aliphatic heterocycles. The van der Waals surface area contributed by atoms with Crippen LogP contribution in [0, 0.1) is 0 Å². The number of carbonyl (C=O) groups excluding carboxylic acids is 1. The van der Waals surface area contributed by atoms with E-state index in [2.05, 4.69) is 0 Å². The van der Waals surface area contributed by atoms with Gasteiger partial charge in [-0.05, 0) is 30.5 Å². The van der Waals surface area contributed by atoms with Gasteiger partial charge in [-0.2, -0.15) is 0 Å². The Morgan fingerprint density at radius 2 is 2.06 bits per heavy atom. The minimum atomic E-state index is -0.344. The normalized spacial score (nSPS) is 20.4. The third kappa shape index (κ3) is 2.64. The highest BCUT2D eigenvalue weighted by atomic mass is 16.5. The molecule has 4 nitrogen and oxygen atoms in total. The average molecular weight is 250 g/mol. The van der Waals surface area contributed by atoms with Crippen LogP contribution in [0.1, 0.15) is 24.3 Å². The lowest BCUT2D eigenvalue weighted by Crippen LogP contribution is -2.26. The Morgan fingerprint density at radius 1 is 1.33 bits per heavy atom. The lowest BCUT2D eigenvalue weighted by Gasteiger charge is -2.21. The quantitative estimate of drug-likeness (QED) is 0.768. The maximum Gasteiger partial charge on any atom is 0.315 e. The van der Waals surface area contributed by atoms with Crippen molar-refractivity contribution in [3.05, 3.63) is 29.8 Å². The maximum atomic E-state index is 11.9. The van der Waals surface area contributed by atoms with Gasteiger partial charge in [0.25, 0.3) is 0 Å². The molecule has 1 fully saturated rings. The van der Waals surface area contributed by atoms with Gasteiger partial charge in [0.2, 0.25) is 0 Å². The highest BCUT2D eigenvalue weighted by Gasteiger charge is 2.33. The Balaban J connectivity index is 2.23. The van der Waals surface area contributed by atoms with Gasteiger partial charge >= 0.3 is 5.97 Å². The fraction of sp³-hybridized carbons (Fsp3) is 0.500. The summed E-state index contributed by atoms with van der Waals surface area (Å²) < 4.78 is 15.6. The first-order valence-corrected chi connectivity index (χ1v) is 6.09. The number of methoxy groups -OCH3 is 2. The lowest BCUT2D eigenvalue weighted by molar-refractivity contribution is -0.145. The van der Waals surface area contributed by atoms with Crippen LogP contribution in [0.2, 0.25) is 0 Å². The number of hydrogen-bond acceptors (Lipinski definition) is 4. The zero-order valence-corrected chi connectivity index (χ0v) is 10.7. The van der Waals surface area contributed by atoms with Gasteiger partial charge in [0.15, 0.2) is 0 Å². The summed E-state index contributed by atoms with van der Waals surface area (Å²) in [6.07, 6.45) is 1.81. The first kappa shape index (κ1) is 12.9. The minimum Gasteiger partial charge on any atom is -0.497 e. The van der Waals surface area contributed by atoms with Crippen molar-refractivity contribution in [2.45, 2.75) is 24.9 Å². The van der Waals surface area contributed by atoms with Gasteiger partial charge in [0, 0.05) is 6.61 Å². The van der Waals surface area contributed by atoms with E-state index in [1.807, 2.05) is 24.3 Å². The first-order valence-electron chi connectivity index (χ1n) is 6.09. The maximum absolute atomic E-state index is 11.9. The fourth-order valence-electron chi connectivity index (χ4n) is 2.31. The molecule has 0 spiro atoms. The van der Waals surface area contributed by atoms with Gasteiger partial charge in [0.05, 0.1) is 20.3 Å². The summed E-state index contributed by atoms with van der Waals surface area (Å²) >= 11 is 0. The van der Waals surface area contributed by atoms with Gasteiger partial charge in [-0.3, -0.25) is 4.79 Å². The Bertz CT molecular complexity index is 393. The summed E-state index contributed by atoms with van der Waals surface area (Å²) in [6.45, 7) is 0.717. The van der Waals surface area contributed by atoms with Crippen LogP contribution in [0.4, 0.5) is 0 Å². The number of benzene rings is 1. The van der Waals surface area contributed by atoms with Crippen LogP contribution in [0.3, 0.4) is 0 Å². The second-order valence-corrected chi connectivity index (χ2v) is 4.33. The largest absolute Gasteiger partial charge is 0.497 e. The summed E-state index contributed by atoms with van der Waals surface area (Å²) in [5.41, 5.74) is 0.912. The van der Waals surface area contributed by atoms with Crippen LogP contribution in [-0.4, -0.2) is 32.9 Å². The van der Waals surface area contributed by atoms with Crippen molar-refractivity contribution in [1.29, 1.82) is 0 Å². The van der Waals surface area contributed by atoms with Gasteiger partial charge in [-0.15, -0.1) is 0 Å². The molecule has 0 bridgehead atoms. The lowest BCUT2D eigenvalue weighted by atomic mass is 9.92. The molecule has 98 valence electrons. The molecule has 2 rings (SSSR count). The van der Waals surface area contributed by atoms with Crippen molar-refractivity contribution in [1.82, 2.24) is 0 Å². The Kier molecular flexibility index (Phi) is 4.20. The molecule has 1 heterocycles. The van der Waals surface area contributed by atoms with Crippen LogP contribution >= 0.6 is 0 Å². The van der Waals surface area contributed by atoms with Crippen LogP contribution in [0.25, 0.3) is 0 Å². The van der Waals surface area contributed by atoms with Crippen molar-refractivity contribution in [3.8, 4) is 5.75 Å². The van der Waals surface area contributed by atoms with Crippen LogP contribution in [-0.2, 0) is 14.3 Å². The van der Waals surface area contributed by atoms with E-state index in [0.29, 0.717) is 6.61 Å². The molecule has 4 heteroatoms. The molecule has 1 aliphatic rings. The molecule has 0 aromatic heterocycles. The molecule has 1 saturated heterocycles. The highest BCUT2D eigenvalue weighted by molar-refractivity contribution is 5.79. The van der Waals surface area contributed by atoms with Gasteiger partial charge in [-0.25, -0.2) is 0 Å². The van der Waals surface area contributed by atoms with Crippen molar-refractivity contribution in [3.63, 3.8) is 0 Å². The molecule has 0 N–H and O–H groups in total. The second kappa shape index (κ2) is 5.87. The predicted octanol–water partition coefficient (Wildman–Crippen LogP) is 2.13. The van der Waals surface area contributed by atoms with E-state index in [0.717, 1.165) is 24.2 Å². The average Bonchev–Trinajstić information content (AvgIpc) is 2.93. The monoisotopic (exact) mass is 250 g/mol. The Labute approximate surface area is 107 Å². The van der Waals surface area contributed by atoms with E-state index in [9.17, 15) is 4.79 Å². The van der Waals surface area contributed by atoms with Gasteiger partial charge in [0.1, 0.15) is 11.7 Å². The van der Waals surface area contributed by atoms with Crippen molar-refractivity contribution in [2.75, 3.05) is 20.8 Å². The van der Waals surface area contributed by atoms with Crippen LogP contribution in [0.5, 0.6) is 5.75 Å². The van der Waals surface area contributed by atoms with Crippen LogP contribution < -0.4 is 4.74 Å². The van der Waals surface area contributed by atoms with E-state index in [4.69, 9.17) is 14.2 Å². The summed E-state index contributed by atoms with van der Waals surface area (Å²) in [5, 5.41) is 0. The Hall–Kier alpha value is -1.55. The Morgan fingerprint density at radius 3 is 2.56 bits per heavy atom. The standard InChI is InChI=1S/C14H18O4/c1-16-11-7-5-10(6-8-11)13(14(15)17-2)12-4-3-9-18-12/h5-8,12-13H,3-4,9H2,1-2H3/t12-,13-/m0/s1. The highest BCUT2D eigenvalue weighted by Crippen LogP contribution is 2.31. The molecule has 0 amide bonds. The molecule has 0 radical (unpaired) electrons. The van der Waals surface area contributed by atoms with E-state index >= 15 is 0 Å². The molecule has 0 unspecified atom stereocenters. The molecule has 2 atom stereocenters. The number of rotatable bonds is 4. The summed E-state index contributed by atoms with van der Waals surface area (Å²) in [6, 6.07) is 7.48. The molecule has 0 aliphatic carbocycles. The fourth-order valence-corrected chi connectivity index (χ4v) is 2.31. The number of carbonyl (C=O) groups is 1. The van der Waals surface area contributed by atoms with Gasteiger partial charge in [-0.1, -0.05) is 12.1 Å². The molecule has 0 saturated carbocycles. The van der Waals surface area contributed by atoms with Crippen molar-refractivity contribution in [2.24, 2.45) is 0 Å². The minimum absolute atomic E-state index is 0.0779. The van der Waals surface area contributed by atoms with E-state index in [-0.39, 0.29) is 18.0 Å². The third-order valence-corrected chi connectivity index (χ3v) is 3.27.